The molecule has 98 valence electrons. The predicted molar refractivity (Wildman–Crippen MR) is 61.5 cm³/mol. The van der Waals surface area contributed by atoms with Crippen molar-refractivity contribution < 1.29 is 27.0 Å². The average Bonchev–Trinajstić information content (AvgIpc) is 2.25. The highest BCUT2D eigenvalue weighted by Gasteiger charge is 2.02. The summed E-state index contributed by atoms with van der Waals surface area (Å²) in [4.78, 5) is 0. The van der Waals surface area contributed by atoms with Gasteiger partial charge in [-0.3, -0.25) is 14.9 Å². The van der Waals surface area contributed by atoms with Crippen LogP contribution in [0.3, 0.4) is 0 Å². The number of hydrogen-bond donors (Lipinski definition) is 4. The van der Waals surface area contributed by atoms with Crippen LogP contribution < -0.4 is 20.7 Å². The third kappa shape index (κ3) is 7.36. The standard InChI is InChI=1S/C8H12N2O2.H2O4S/c1-11-7-4-3-6(10-9)5-8(7)12-2;1-5(2,3)4/h3-5,10H,9H2,1-2H3;(H2,1,2,3,4). The SMILES string of the molecule is COc1ccc(NN)cc1OC.O=S(=O)(O)O. The molecule has 0 aromatic heterocycles. The Kier molecular flexibility index (Phi) is 6.28. The topological polar surface area (TPSA) is 131 Å². The van der Waals surface area contributed by atoms with E-state index >= 15 is 0 Å². The van der Waals surface area contributed by atoms with Gasteiger partial charge < -0.3 is 14.9 Å². The number of hydrazine groups is 1. The molecule has 0 aliphatic rings. The van der Waals surface area contributed by atoms with Gasteiger partial charge in [-0.05, 0) is 12.1 Å². The first-order valence-corrected chi connectivity index (χ1v) is 5.60. The lowest BCUT2D eigenvalue weighted by atomic mass is 10.3. The summed E-state index contributed by atoms with van der Waals surface area (Å²) in [6, 6.07) is 5.36. The van der Waals surface area contributed by atoms with E-state index < -0.39 is 10.4 Å². The van der Waals surface area contributed by atoms with Crippen LogP contribution in [0.15, 0.2) is 18.2 Å². The van der Waals surface area contributed by atoms with Gasteiger partial charge in [-0.2, -0.15) is 8.42 Å². The maximum atomic E-state index is 8.74. The first-order valence-electron chi connectivity index (χ1n) is 4.20. The molecule has 0 unspecified atom stereocenters. The summed E-state index contributed by atoms with van der Waals surface area (Å²) in [5.41, 5.74) is 3.30. The second-order valence-corrected chi connectivity index (χ2v) is 3.56. The minimum Gasteiger partial charge on any atom is -0.493 e. The summed E-state index contributed by atoms with van der Waals surface area (Å²) in [6.45, 7) is 0. The molecule has 0 amide bonds. The van der Waals surface area contributed by atoms with Crippen molar-refractivity contribution in [2.24, 2.45) is 5.84 Å². The maximum Gasteiger partial charge on any atom is 0.394 e. The molecule has 0 fully saturated rings. The first kappa shape index (κ1) is 15.4. The number of nitrogens with one attached hydrogen (secondary N) is 1. The Morgan fingerprint density at radius 2 is 1.65 bits per heavy atom. The number of anilines is 1. The molecule has 0 atom stereocenters. The Bertz CT molecular complexity index is 439. The Morgan fingerprint density at radius 3 is 2.00 bits per heavy atom. The molecule has 0 bridgehead atoms. The monoisotopic (exact) mass is 266 g/mol. The highest BCUT2D eigenvalue weighted by molar-refractivity contribution is 7.79. The van der Waals surface area contributed by atoms with Crippen LogP contribution in [0.4, 0.5) is 5.69 Å². The van der Waals surface area contributed by atoms with Gasteiger partial charge in [0.1, 0.15) is 0 Å². The minimum atomic E-state index is -4.67. The van der Waals surface area contributed by atoms with Crippen molar-refractivity contribution >= 4 is 16.1 Å². The summed E-state index contributed by atoms with van der Waals surface area (Å²) < 4.78 is 41.7. The fourth-order valence-corrected chi connectivity index (χ4v) is 0.926. The van der Waals surface area contributed by atoms with E-state index in [0.29, 0.717) is 11.5 Å². The molecule has 5 N–H and O–H groups in total. The Morgan fingerprint density at radius 1 is 1.18 bits per heavy atom. The molecule has 17 heavy (non-hydrogen) atoms. The fourth-order valence-electron chi connectivity index (χ4n) is 0.926. The number of hydrogen-bond acceptors (Lipinski definition) is 6. The van der Waals surface area contributed by atoms with Crippen molar-refractivity contribution in [2.75, 3.05) is 19.6 Å². The van der Waals surface area contributed by atoms with Crippen molar-refractivity contribution in [1.82, 2.24) is 0 Å². The van der Waals surface area contributed by atoms with E-state index in [-0.39, 0.29) is 0 Å². The van der Waals surface area contributed by atoms with Crippen molar-refractivity contribution in [2.45, 2.75) is 0 Å². The molecule has 0 saturated carbocycles. The zero-order valence-corrected chi connectivity index (χ0v) is 10.1. The molecular weight excluding hydrogens is 252 g/mol. The second kappa shape index (κ2) is 6.91. The van der Waals surface area contributed by atoms with Crippen LogP contribution in [0.1, 0.15) is 0 Å². The van der Waals surface area contributed by atoms with Gasteiger partial charge in [-0.1, -0.05) is 0 Å². The van der Waals surface area contributed by atoms with Crippen molar-refractivity contribution in [3.05, 3.63) is 18.2 Å². The molecule has 0 heterocycles. The van der Waals surface area contributed by atoms with Gasteiger partial charge in [-0.15, -0.1) is 0 Å². The van der Waals surface area contributed by atoms with Crippen LogP contribution in [-0.2, 0) is 10.4 Å². The molecule has 1 aromatic rings. The molecule has 8 nitrogen and oxygen atoms in total. The molecule has 0 saturated heterocycles. The summed E-state index contributed by atoms with van der Waals surface area (Å²) in [7, 11) is -1.49. The Hall–Kier alpha value is -1.55. The van der Waals surface area contributed by atoms with E-state index in [4.69, 9.17) is 32.8 Å². The van der Waals surface area contributed by atoms with Gasteiger partial charge in [0.2, 0.25) is 0 Å². The molecule has 0 aliphatic carbocycles. The lowest BCUT2D eigenvalue weighted by molar-refractivity contribution is 0.355. The van der Waals surface area contributed by atoms with Gasteiger partial charge in [0.05, 0.1) is 19.9 Å². The lowest BCUT2D eigenvalue weighted by Crippen LogP contribution is -2.06. The highest BCUT2D eigenvalue weighted by Crippen LogP contribution is 2.29. The Balaban J connectivity index is 0.000000437. The van der Waals surface area contributed by atoms with Crippen molar-refractivity contribution in [3.8, 4) is 11.5 Å². The average molecular weight is 266 g/mol. The normalized spacial score (nSPS) is 9.94. The Labute approximate surface area is 98.9 Å². The van der Waals surface area contributed by atoms with E-state index in [1.165, 1.54) is 0 Å². The molecule has 9 heteroatoms. The molecule has 1 rings (SSSR count). The third-order valence-electron chi connectivity index (χ3n) is 1.55. The quantitative estimate of drug-likeness (QED) is 0.350. The van der Waals surface area contributed by atoms with Gasteiger partial charge in [0.15, 0.2) is 11.5 Å². The number of nitrogens with two attached hydrogens (primary N) is 1. The zero-order chi connectivity index (χ0) is 13.5. The highest BCUT2D eigenvalue weighted by atomic mass is 32.3. The van der Waals surface area contributed by atoms with Crippen LogP contribution in [0.25, 0.3) is 0 Å². The van der Waals surface area contributed by atoms with Gasteiger partial charge in [-0.25, -0.2) is 0 Å². The smallest absolute Gasteiger partial charge is 0.394 e. The van der Waals surface area contributed by atoms with Crippen LogP contribution >= 0.6 is 0 Å². The van der Waals surface area contributed by atoms with Crippen LogP contribution in [0.2, 0.25) is 0 Å². The number of nitrogen functional groups attached to an aromatic ring is 1. The zero-order valence-electron chi connectivity index (χ0n) is 9.25. The number of benzene rings is 1. The van der Waals surface area contributed by atoms with E-state index in [9.17, 15) is 0 Å². The van der Waals surface area contributed by atoms with Gasteiger partial charge in [0.25, 0.3) is 0 Å². The summed E-state index contributed by atoms with van der Waals surface area (Å²) in [6.07, 6.45) is 0. The molecule has 1 aromatic carbocycles. The third-order valence-corrected chi connectivity index (χ3v) is 1.55. The van der Waals surface area contributed by atoms with E-state index in [2.05, 4.69) is 5.43 Å². The van der Waals surface area contributed by atoms with E-state index in [1.54, 1.807) is 32.4 Å². The number of rotatable bonds is 3. The van der Waals surface area contributed by atoms with Crippen LogP contribution in [0, 0.1) is 0 Å². The van der Waals surface area contributed by atoms with Gasteiger partial charge >= 0.3 is 10.4 Å². The summed E-state index contributed by atoms with van der Waals surface area (Å²) >= 11 is 0. The molecular formula is C8H14N2O6S. The first-order chi connectivity index (χ1) is 7.81. The maximum absolute atomic E-state index is 8.74. The molecule has 0 radical (unpaired) electrons. The van der Waals surface area contributed by atoms with E-state index in [1.807, 2.05) is 0 Å². The van der Waals surface area contributed by atoms with Gasteiger partial charge in [0, 0.05) is 6.07 Å². The summed E-state index contributed by atoms with van der Waals surface area (Å²) in [5, 5.41) is 0. The van der Waals surface area contributed by atoms with Crippen molar-refractivity contribution in [3.63, 3.8) is 0 Å². The van der Waals surface area contributed by atoms with Crippen LogP contribution in [0.5, 0.6) is 11.5 Å². The lowest BCUT2D eigenvalue weighted by Gasteiger charge is -2.08. The molecule has 0 aliphatic heterocycles. The van der Waals surface area contributed by atoms with Crippen LogP contribution in [-0.4, -0.2) is 31.7 Å². The van der Waals surface area contributed by atoms with E-state index in [0.717, 1.165) is 5.69 Å². The number of ether oxygens (including phenoxy) is 2. The summed E-state index contributed by atoms with van der Waals surface area (Å²) in [5.74, 6) is 6.57. The predicted octanol–water partition coefficient (Wildman–Crippen LogP) is 0.337. The number of methoxy groups -OCH3 is 2. The largest absolute Gasteiger partial charge is 0.493 e. The van der Waals surface area contributed by atoms with Crippen molar-refractivity contribution in [1.29, 1.82) is 0 Å². The fraction of sp³-hybridized carbons (Fsp3) is 0.250. The second-order valence-electron chi connectivity index (χ2n) is 2.66. The minimum absolute atomic E-state index is 0.660. The molecule has 0 spiro atoms.